The fourth-order valence-electron chi connectivity index (χ4n) is 1.86. The van der Waals surface area contributed by atoms with Gasteiger partial charge in [-0.3, -0.25) is 0 Å². The van der Waals surface area contributed by atoms with Crippen molar-refractivity contribution in [3.05, 3.63) is 22.4 Å². The molecule has 0 radical (unpaired) electrons. The second kappa shape index (κ2) is 5.21. The van der Waals surface area contributed by atoms with Crippen LogP contribution in [0.25, 0.3) is 5.65 Å². The van der Waals surface area contributed by atoms with E-state index in [4.69, 9.17) is 11.6 Å². The van der Waals surface area contributed by atoms with E-state index < -0.39 is 0 Å². The molecule has 0 atom stereocenters. The zero-order chi connectivity index (χ0) is 14.0. The predicted octanol–water partition coefficient (Wildman–Crippen LogP) is 1.79. The summed E-state index contributed by atoms with van der Waals surface area (Å²) in [5, 5.41) is 9.63. The second-order valence-corrected chi connectivity index (χ2v) is 5.75. The number of nitrogens with zero attached hydrogens (tertiary/aromatic N) is 3. The van der Waals surface area contributed by atoms with E-state index in [0.29, 0.717) is 23.2 Å². The summed E-state index contributed by atoms with van der Waals surface area (Å²) in [7, 11) is 0. The van der Waals surface area contributed by atoms with Crippen LogP contribution in [-0.2, 0) is 0 Å². The quantitative estimate of drug-likeness (QED) is 0.821. The number of aromatic nitrogens is 4. The first-order valence-corrected chi connectivity index (χ1v) is 6.71. The molecule has 0 amide bonds. The van der Waals surface area contributed by atoms with Crippen molar-refractivity contribution >= 4 is 23.1 Å². The van der Waals surface area contributed by atoms with E-state index >= 15 is 0 Å². The predicted molar refractivity (Wildman–Crippen MR) is 76.0 cm³/mol. The van der Waals surface area contributed by atoms with Crippen molar-refractivity contribution in [3.8, 4) is 0 Å². The fraction of sp³-hybridized carbons (Fsp3) is 0.583. The maximum Gasteiger partial charge on any atom is 0.349 e. The molecule has 0 bridgehead atoms. The van der Waals surface area contributed by atoms with E-state index in [0.717, 1.165) is 13.0 Å². The number of nitrogens with one attached hydrogen (secondary N) is 2. The number of fused-ring (bicyclic) bond motifs is 1. The molecule has 6 nitrogen and oxygen atoms in total. The Hall–Kier alpha value is -1.56. The monoisotopic (exact) mass is 283 g/mol. The Labute approximate surface area is 116 Å². The van der Waals surface area contributed by atoms with Crippen LogP contribution in [0.1, 0.15) is 26.1 Å². The molecule has 2 rings (SSSR count). The first-order valence-electron chi connectivity index (χ1n) is 6.17. The van der Waals surface area contributed by atoms with Crippen molar-refractivity contribution in [1.29, 1.82) is 0 Å². The zero-order valence-corrected chi connectivity index (χ0v) is 12.1. The smallest absolute Gasteiger partial charge is 0.349 e. The molecule has 2 aromatic rings. The topological polar surface area (TPSA) is 75.1 Å². The van der Waals surface area contributed by atoms with Gasteiger partial charge in [0.1, 0.15) is 11.6 Å². The third kappa shape index (κ3) is 3.07. The summed E-state index contributed by atoms with van der Waals surface area (Å²) in [6, 6.07) is 1.75. The van der Waals surface area contributed by atoms with Gasteiger partial charge in [-0.1, -0.05) is 13.8 Å². The number of hydrogen-bond donors (Lipinski definition) is 2. The molecule has 2 heterocycles. The van der Waals surface area contributed by atoms with Crippen LogP contribution >= 0.6 is 11.6 Å². The standard InChI is InChI=1S/C12H18ClN5O/c1-8-15-9(14-7-12(2,3)4-5-13)6-10-16-17-11(19)18(8)10/h6,14H,4-5,7H2,1-3H3,(H,17,19). The third-order valence-corrected chi connectivity index (χ3v) is 3.28. The molecule has 0 aliphatic rings. The summed E-state index contributed by atoms with van der Waals surface area (Å²) < 4.78 is 1.44. The lowest BCUT2D eigenvalue weighted by Crippen LogP contribution is -2.24. The lowest BCUT2D eigenvalue weighted by molar-refractivity contribution is 0.379. The van der Waals surface area contributed by atoms with Gasteiger partial charge in [-0.2, -0.15) is 5.10 Å². The Kier molecular flexibility index (Phi) is 3.80. The van der Waals surface area contributed by atoms with E-state index in [1.165, 1.54) is 4.40 Å². The first-order chi connectivity index (χ1) is 8.93. The summed E-state index contributed by atoms with van der Waals surface area (Å²) in [4.78, 5) is 15.8. The van der Waals surface area contributed by atoms with E-state index in [1.54, 1.807) is 13.0 Å². The summed E-state index contributed by atoms with van der Waals surface area (Å²) in [6.07, 6.45) is 0.921. The minimum absolute atomic E-state index is 0.0920. The van der Waals surface area contributed by atoms with Crippen molar-refractivity contribution in [1.82, 2.24) is 19.6 Å². The van der Waals surface area contributed by atoms with Gasteiger partial charge in [0, 0.05) is 18.5 Å². The van der Waals surface area contributed by atoms with Gasteiger partial charge in [0.25, 0.3) is 0 Å². The number of anilines is 1. The van der Waals surface area contributed by atoms with E-state index in [2.05, 4.69) is 34.3 Å². The maximum absolute atomic E-state index is 11.5. The summed E-state index contributed by atoms with van der Waals surface area (Å²) >= 11 is 5.78. The van der Waals surface area contributed by atoms with Crippen LogP contribution in [0.15, 0.2) is 10.9 Å². The van der Waals surface area contributed by atoms with Crippen LogP contribution in [-0.4, -0.2) is 32.0 Å². The molecule has 0 aliphatic heterocycles. The Bertz CT molecular complexity index is 631. The Morgan fingerprint density at radius 1 is 1.53 bits per heavy atom. The molecule has 0 aromatic carbocycles. The van der Waals surface area contributed by atoms with E-state index in [1.807, 2.05) is 0 Å². The SMILES string of the molecule is Cc1nc(NCC(C)(C)CCCl)cc2n[nH]c(=O)n12. The van der Waals surface area contributed by atoms with Crippen molar-refractivity contribution in [3.63, 3.8) is 0 Å². The van der Waals surface area contributed by atoms with Crippen LogP contribution in [0, 0.1) is 12.3 Å². The highest BCUT2D eigenvalue weighted by molar-refractivity contribution is 6.17. The van der Waals surface area contributed by atoms with Crippen LogP contribution in [0.2, 0.25) is 0 Å². The van der Waals surface area contributed by atoms with Crippen LogP contribution in [0.4, 0.5) is 5.82 Å². The highest BCUT2D eigenvalue weighted by Crippen LogP contribution is 2.21. The number of rotatable bonds is 5. The van der Waals surface area contributed by atoms with Gasteiger partial charge in [0.2, 0.25) is 0 Å². The van der Waals surface area contributed by atoms with E-state index in [-0.39, 0.29) is 11.1 Å². The number of aromatic amines is 1. The van der Waals surface area contributed by atoms with Crippen molar-refractivity contribution < 1.29 is 0 Å². The van der Waals surface area contributed by atoms with E-state index in [9.17, 15) is 4.79 Å². The molecular weight excluding hydrogens is 266 g/mol. The average molecular weight is 284 g/mol. The van der Waals surface area contributed by atoms with Gasteiger partial charge in [0.05, 0.1) is 0 Å². The number of halogens is 1. The average Bonchev–Trinajstić information content (AvgIpc) is 2.69. The minimum atomic E-state index is -0.269. The normalized spacial score (nSPS) is 12.0. The van der Waals surface area contributed by atoms with Crippen LogP contribution in [0.5, 0.6) is 0 Å². The minimum Gasteiger partial charge on any atom is -0.369 e. The number of hydrogen-bond acceptors (Lipinski definition) is 4. The highest BCUT2D eigenvalue weighted by Gasteiger charge is 2.17. The largest absolute Gasteiger partial charge is 0.369 e. The fourth-order valence-corrected chi connectivity index (χ4v) is 2.37. The van der Waals surface area contributed by atoms with Crippen LogP contribution < -0.4 is 11.0 Å². The number of alkyl halides is 1. The molecular formula is C12H18ClN5O. The molecule has 0 saturated carbocycles. The van der Waals surface area contributed by atoms with Gasteiger partial charge >= 0.3 is 5.69 Å². The van der Waals surface area contributed by atoms with Gasteiger partial charge in [0.15, 0.2) is 5.65 Å². The molecule has 19 heavy (non-hydrogen) atoms. The lowest BCUT2D eigenvalue weighted by atomic mass is 9.90. The molecule has 2 aromatic heterocycles. The second-order valence-electron chi connectivity index (χ2n) is 5.37. The molecule has 104 valence electrons. The summed E-state index contributed by atoms with van der Waals surface area (Å²) in [5.41, 5.74) is 0.387. The Morgan fingerprint density at radius 3 is 2.95 bits per heavy atom. The summed E-state index contributed by atoms with van der Waals surface area (Å²) in [6.45, 7) is 6.83. The molecule has 0 fully saturated rings. The molecule has 0 spiro atoms. The Balaban J connectivity index is 2.20. The molecule has 0 unspecified atom stereocenters. The van der Waals surface area contributed by atoms with Gasteiger partial charge in [-0.25, -0.2) is 19.3 Å². The third-order valence-electron chi connectivity index (χ3n) is 3.09. The molecule has 7 heteroatoms. The summed E-state index contributed by atoms with van der Waals surface area (Å²) in [5.74, 6) is 1.95. The van der Waals surface area contributed by atoms with Gasteiger partial charge < -0.3 is 5.32 Å². The van der Waals surface area contributed by atoms with Crippen molar-refractivity contribution in [2.45, 2.75) is 27.2 Å². The molecule has 0 aliphatic carbocycles. The molecule has 2 N–H and O–H groups in total. The van der Waals surface area contributed by atoms with Crippen molar-refractivity contribution in [2.24, 2.45) is 5.41 Å². The van der Waals surface area contributed by atoms with Crippen molar-refractivity contribution in [2.75, 3.05) is 17.7 Å². The maximum atomic E-state index is 11.5. The van der Waals surface area contributed by atoms with Gasteiger partial charge in [-0.15, -0.1) is 11.6 Å². The first kappa shape index (κ1) is 13.9. The van der Waals surface area contributed by atoms with Crippen LogP contribution in [0.3, 0.4) is 0 Å². The number of aryl methyl sites for hydroxylation is 1. The zero-order valence-electron chi connectivity index (χ0n) is 11.3. The number of H-pyrrole nitrogens is 1. The Morgan fingerprint density at radius 2 is 2.26 bits per heavy atom. The lowest BCUT2D eigenvalue weighted by Gasteiger charge is -2.24. The molecule has 0 saturated heterocycles. The van der Waals surface area contributed by atoms with Gasteiger partial charge in [-0.05, 0) is 18.8 Å². The highest BCUT2D eigenvalue weighted by atomic mass is 35.5.